The molecule has 1 aromatic heterocycles. The second-order valence-corrected chi connectivity index (χ2v) is 4.29. The molecule has 2 heterocycles. The van der Waals surface area contributed by atoms with E-state index in [1.165, 1.54) is 13.1 Å². The van der Waals surface area contributed by atoms with Crippen LogP contribution in [0.15, 0.2) is 15.8 Å². The molecule has 1 aromatic rings. The molecule has 0 aromatic carbocycles. The van der Waals surface area contributed by atoms with Gasteiger partial charge in [0.1, 0.15) is 12.2 Å². The van der Waals surface area contributed by atoms with Gasteiger partial charge in [-0.3, -0.25) is 14.3 Å². The molecule has 2 rings (SSSR count). The average Bonchev–Trinajstić information content (AvgIpc) is 2.61. The Kier molecular flexibility index (Phi) is 3.35. The molecule has 5 N–H and O–H groups in total. The van der Waals surface area contributed by atoms with Crippen LogP contribution in [-0.4, -0.2) is 44.6 Å². The predicted octanol–water partition coefficient (Wildman–Crippen LogP) is -2.58. The van der Waals surface area contributed by atoms with E-state index in [1.807, 2.05) is 0 Å². The molecular weight excluding hydrogens is 242 g/mol. The molecule has 4 atom stereocenters. The summed E-state index contributed by atoms with van der Waals surface area (Å²) in [5.41, 5.74) is 4.91. The molecule has 1 saturated heterocycles. The van der Waals surface area contributed by atoms with E-state index in [0.29, 0.717) is 5.56 Å². The van der Waals surface area contributed by atoms with Gasteiger partial charge in [0, 0.05) is 11.8 Å². The maximum atomic E-state index is 11.7. The zero-order valence-corrected chi connectivity index (χ0v) is 9.74. The molecule has 8 nitrogen and oxygen atoms in total. The maximum Gasteiger partial charge on any atom is 0.330 e. The summed E-state index contributed by atoms with van der Waals surface area (Å²) in [6.45, 7) is 1.14. The molecule has 0 spiro atoms. The SMILES string of the molecule is Cc1cn([C@@H]2O[C@H](CO)C(O)[C@@H]2N)c(=O)[nH]c1=O. The van der Waals surface area contributed by atoms with Crippen molar-refractivity contribution < 1.29 is 14.9 Å². The number of nitrogens with one attached hydrogen (secondary N) is 1. The number of aryl methyl sites for hydroxylation is 1. The van der Waals surface area contributed by atoms with Crippen molar-refractivity contribution in [3.05, 3.63) is 32.6 Å². The zero-order chi connectivity index (χ0) is 13.4. The van der Waals surface area contributed by atoms with Crippen molar-refractivity contribution in [1.82, 2.24) is 9.55 Å². The molecule has 0 radical (unpaired) electrons. The Hall–Kier alpha value is -1.48. The molecule has 0 saturated carbocycles. The minimum atomic E-state index is -1.07. The molecule has 100 valence electrons. The number of ether oxygens (including phenoxy) is 1. The van der Waals surface area contributed by atoms with E-state index in [-0.39, 0.29) is 0 Å². The smallest absolute Gasteiger partial charge is 0.330 e. The van der Waals surface area contributed by atoms with Gasteiger partial charge in [-0.2, -0.15) is 0 Å². The minimum Gasteiger partial charge on any atom is -0.394 e. The van der Waals surface area contributed by atoms with Gasteiger partial charge in [-0.25, -0.2) is 4.79 Å². The van der Waals surface area contributed by atoms with Crippen molar-refractivity contribution in [3.63, 3.8) is 0 Å². The van der Waals surface area contributed by atoms with Crippen molar-refractivity contribution in [2.24, 2.45) is 5.73 Å². The van der Waals surface area contributed by atoms with Gasteiger partial charge >= 0.3 is 5.69 Å². The molecular formula is C10H15N3O5. The van der Waals surface area contributed by atoms with Gasteiger partial charge in [0.15, 0.2) is 6.23 Å². The summed E-state index contributed by atoms with van der Waals surface area (Å²) >= 11 is 0. The van der Waals surface area contributed by atoms with Crippen LogP contribution >= 0.6 is 0 Å². The first kappa shape index (κ1) is 13.0. The quantitative estimate of drug-likeness (QED) is 0.460. The molecule has 1 unspecified atom stereocenters. The summed E-state index contributed by atoms with van der Waals surface area (Å²) in [5.74, 6) is 0. The van der Waals surface area contributed by atoms with Crippen LogP contribution in [0, 0.1) is 6.92 Å². The molecule has 1 fully saturated rings. The molecule has 1 aliphatic rings. The molecule has 1 aliphatic heterocycles. The maximum absolute atomic E-state index is 11.7. The molecule has 8 heteroatoms. The summed E-state index contributed by atoms with van der Waals surface area (Å²) in [5, 5.41) is 18.7. The number of nitrogens with two attached hydrogens (primary N) is 1. The van der Waals surface area contributed by atoms with Crippen LogP contribution < -0.4 is 17.0 Å². The van der Waals surface area contributed by atoms with E-state index < -0.39 is 42.3 Å². The van der Waals surface area contributed by atoms with Gasteiger partial charge in [0.25, 0.3) is 5.56 Å². The predicted molar refractivity (Wildman–Crippen MR) is 61.0 cm³/mol. The summed E-state index contributed by atoms with van der Waals surface area (Å²) in [4.78, 5) is 25.0. The van der Waals surface area contributed by atoms with Crippen LogP contribution in [0.5, 0.6) is 0 Å². The van der Waals surface area contributed by atoms with Gasteiger partial charge in [-0.05, 0) is 6.92 Å². The van der Waals surface area contributed by atoms with Gasteiger partial charge in [-0.1, -0.05) is 0 Å². The lowest BCUT2D eigenvalue weighted by atomic mass is 10.1. The monoisotopic (exact) mass is 257 g/mol. The lowest BCUT2D eigenvalue weighted by molar-refractivity contribution is -0.0465. The van der Waals surface area contributed by atoms with Crippen LogP contribution in [0.3, 0.4) is 0 Å². The summed E-state index contributed by atoms with van der Waals surface area (Å²) in [7, 11) is 0. The average molecular weight is 257 g/mol. The van der Waals surface area contributed by atoms with Crippen molar-refractivity contribution in [1.29, 1.82) is 0 Å². The third-order valence-electron chi connectivity index (χ3n) is 3.02. The Balaban J connectivity index is 2.42. The van der Waals surface area contributed by atoms with Crippen LogP contribution in [0.4, 0.5) is 0 Å². The van der Waals surface area contributed by atoms with Gasteiger partial charge in [-0.15, -0.1) is 0 Å². The highest BCUT2D eigenvalue weighted by molar-refractivity contribution is 5.03. The summed E-state index contributed by atoms with van der Waals surface area (Å²) in [6.07, 6.45) is -1.51. The summed E-state index contributed by atoms with van der Waals surface area (Å²) < 4.78 is 6.42. The van der Waals surface area contributed by atoms with E-state index in [1.54, 1.807) is 0 Å². The molecule has 0 bridgehead atoms. The fourth-order valence-corrected chi connectivity index (χ4v) is 1.94. The topological polar surface area (TPSA) is 131 Å². The lowest BCUT2D eigenvalue weighted by Crippen LogP contribution is -2.43. The highest BCUT2D eigenvalue weighted by Gasteiger charge is 2.42. The number of aromatic amines is 1. The second-order valence-electron chi connectivity index (χ2n) is 4.29. The highest BCUT2D eigenvalue weighted by Crippen LogP contribution is 2.26. The Labute approximate surface area is 102 Å². The number of aliphatic hydroxyl groups is 2. The van der Waals surface area contributed by atoms with Crippen molar-refractivity contribution in [3.8, 4) is 0 Å². The van der Waals surface area contributed by atoms with E-state index in [4.69, 9.17) is 15.6 Å². The van der Waals surface area contributed by atoms with Gasteiger partial charge in [0.05, 0.1) is 12.6 Å². The Morgan fingerprint density at radius 3 is 2.78 bits per heavy atom. The first-order valence-electron chi connectivity index (χ1n) is 5.47. The molecule has 18 heavy (non-hydrogen) atoms. The molecule has 0 amide bonds. The second kappa shape index (κ2) is 4.65. The fraction of sp³-hybridized carbons (Fsp3) is 0.600. The fourth-order valence-electron chi connectivity index (χ4n) is 1.94. The largest absolute Gasteiger partial charge is 0.394 e. The Bertz CT molecular complexity index is 551. The number of hydrogen-bond acceptors (Lipinski definition) is 6. The van der Waals surface area contributed by atoms with E-state index in [9.17, 15) is 14.7 Å². The highest BCUT2D eigenvalue weighted by atomic mass is 16.5. The van der Waals surface area contributed by atoms with Crippen LogP contribution in [0.1, 0.15) is 11.8 Å². The van der Waals surface area contributed by atoms with Crippen molar-refractivity contribution >= 4 is 0 Å². The van der Waals surface area contributed by atoms with Crippen LogP contribution in [-0.2, 0) is 4.74 Å². The number of aliphatic hydroxyl groups excluding tert-OH is 2. The third-order valence-corrected chi connectivity index (χ3v) is 3.02. The zero-order valence-electron chi connectivity index (χ0n) is 9.74. The van der Waals surface area contributed by atoms with Crippen molar-refractivity contribution in [2.75, 3.05) is 6.61 Å². The third kappa shape index (κ3) is 1.99. The number of nitrogens with zero attached hydrogens (tertiary/aromatic N) is 1. The molecule has 0 aliphatic carbocycles. The van der Waals surface area contributed by atoms with E-state index in [0.717, 1.165) is 4.57 Å². The number of H-pyrrole nitrogens is 1. The normalized spacial score (nSPS) is 31.8. The van der Waals surface area contributed by atoms with Gasteiger partial charge in [0.2, 0.25) is 0 Å². The van der Waals surface area contributed by atoms with Crippen LogP contribution in [0.2, 0.25) is 0 Å². The number of hydrogen-bond donors (Lipinski definition) is 4. The number of aromatic nitrogens is 2. The summed E-state index contributed by atoms with van der Waals surface area (Å²) in [6, 6.07) is -0.856. The first-order valence-corrected chi connectivity index (χ1v) is 5.47. The Morgan fingerprint density at radius 1 is 1.56 bits per heavy atom. The van der Waals surface area contributed by atoms with Crippen molar-refractivity contribution in [2.45, 2.75) is 31.4 Å². The van der Waals surface area contributed by atoms with Gasteiger partial charge < -0.3 is 20.7 Å². The van der Waals surface area contributed by atoms with E-state index >= 15 is 0 Å². The van der Waals surface area contributed by atoms with E-state index in [2.05, 4.69) is 4.98 Å². The lowest BCUT2D eigenvalue weighted by Gasteiger charge is -2.18. The number of rotatable bonds is 2. The standard InChI is InChI=1S/C10H15N3O5/c1-4-2-13(10(17)12-8(4)16)9-6(11)7(15)5(3-14)18-9/h2,5-7,9,14-15H,3,11H2,1H3,(H,12,16,17)/t5-,6+,7?,9-/m1/s1. The first-order chi connectivity index (χ1) is 8.45. The van der Waals surface area contributed by atoms with Crippen LogP contribution in [0.25, 0.3) is 0 Å². The Morgan fingerprint density at radius 2 is 2.22 bits per heavy atom. The minimum absolute atomic E-state index is 0.326.